The summed E-state index contributed by atoms with van der Waals surface area (Å²) in [5.74, 6) is 2.25. The van der Waals surface area contributed by atoms with E-state index in [4.69, 9.17) is 11.6 Å². The van der Waals surface area contributed by atoms with Gasteiger partial charge < -0.3 is 0 Å². The van der Waals surface area contributed by atoms with Gasteiger partial charge in [-0.2, -0.15) is 11.8 Å². The highest BCUT2D eigenvalue weighted by Crippen LogP contribution is 2.25. The average Bonchev–Trinajstić information content (AvgIpc) is 2.15. The van der Waals surface area contributed by atoms with Crippen LogP contribution in [0.3, 0.4) is 0 Å². The van der Waals surface area contributed by atoms with Gasteiger partial charge in [-0.15, -0.1) is 0 Å². The SMILES string of the molecule is CCCCSCc1ccc(Br)cc1Cl. The molecule has 0 aliphatic carbocycles. The first-order valence-electron chi connectivity index (χ1n) is 4.75. The number of hydrogen-bond donors (Lipinski definition) is 0. The first-order valence-corrected chi connectivity index (χ1v) is 7.08. The molecule has 78 valence electrons. The Hall–Kier alpha value is 0.340. The molecule has 0 saturated heterocycles. The van der Waals surface area contributed by atoms with E-state index in [-0.39, 0.29) is 0 Å². The van der Waals surface area contributed by atoms with Crippen molar-refractivity contribution in [3.05, 3.63) is 33.3 Å². The average molecular weight is 294 g/mol. The van der Waals surface area contributed by atoms with E-state index in [0.717, 1.165) is 15.2 Å². The highest BCUT2D eigenvalue weighted by Gasteiger charge is 2.00. The molecular weight excluding hydrogens is 280 g/mol. The summed E-state index contributed by atoms with van der Waals surface area (Å²) >= 11 is 11.4. The quantitative estimate of drug-likeness (QED) is 0.678. The molecule has 1 rings (SSSR count). The van der Waals surface area contributed by atoms with Crippen LogP contribution in [-0.4, -0.2) is 5.75 Å². The molecule has 0 heterocycles. The summed E-state index contributed by atoms with van der Waals surface area (Å²) in [6.45, 7) is 2.22. The molecule has 14 heavy (non-hydrogen) atoms. The van der Waals surface area contributed by atoms with E-state index in [1.54, 1.807) is 0 Å². The zero-order valence-electron chi connectivity index (χ0n) is 8.22. The lowest BCUT2D eigenvalue weighted by molar-refractivity contribution is 0.896. The van der Waals surface area contributed by atoms with Crippen molar-refractivity contribution in [2.75, 3.05) is 5.75 Å². The largest absolute Gasteiger partial charge is 0.157 e. The summed E-state index contributed by atoms with van der Waals surface area (Å²) < 4.78 is 1.05. The second-order valence-electron chi connectivity index (χ2n) is 3.14. The molecule has 0 aliphatic rings. The van der Waals surface area contributed by atoms with Crippen LogP contribution in [0.2, 0.25) is 5.02 Å². The summed E-state index contributed by atoms with van der Waals surface area (Å²) in [6, 6.07) is 6.09. The Balaban J connectivity index is 2.42. The first kappa shape index (κ1) is 12.4. The molecule has 0 unspecified atom stereocenters. The normalized spacial score (nSPS) is 10.5. The van der Waals surface area contributed by atoms with Crippen molar-refractivity contribution in [3.63, 3.8) is 0 Å². The highest BCUT2D eigenvalue weighted by molar-refractivity contribution is 9.10. The Morgan fingerprint density at radius 2 is 2.21 bits per heavy atom. The first-order chi connectivity index (χ1) is 6.74. The van der Waals surface area contributed by atoms with Crippen LogP contribution in [0.4, 0.5) is 0 Å². The summed E-state index contributed by atoms with van der Waals surface area (Å²) in [5.41, 5.74) is 1.23. The molecule has 0 amide bonds. The van der Waals surface area contributed by atoms with E-state index in [1.165, 1.54) is 24.2 Å². The van der Waals surface area contributed by atoms with Crippen LogP contribution in [0.5, 0.6) is 0 Å². The summed E-state index contributed by atoms with van der Waals surface area (Å²) in [5, 5.41) is 0.864. The van der Waals surface area contributed by atoms with Gasteiger partial charge in [0, 0.05) is 15.2 Å². The third-order valence-electron chi connectivity index (χ3n) is 1.91. The standard InChI is InChI=1S/C11H14BrClS/c1-2-3-6-14-8-9-4-5-10(12)7-11(9)13/h4-5,7H,2-3,6,8H2,1H3. The van der Waals surface area contributed by atoms with E-state index >= 15 is 0 Å². The Labute approximate surface area is 104 Å². The third-order valence-corrected chi connectivity index (χ3v) is 3.85. The van der Waals surface area contributed by atoms with Crippen molar-refractivity contribution in [2.45, 2.75) is 25.5 Å². The molecule has 0 spiro atoms. The van der Waals surface area contributed by atoms with Gasteiger partial charge in [0.25, 0.3) is 0 Å². The molecule has 0 atom stereocenters. The van der Waals surface area contributed by atoms with Gasteiger partial charge >= 0.3 is 0 Å². The molecule has 0 aliphatic heterocycles. The molecule has 0 nitrogen and oxygen atoms in total. The van der Waals surface area contributed by atoms with Crippen LogP contribution in [0.1, 0.15) is 25.3 Å². The maximum Gasteiger partial charge on any atom is 0.0457 e. The number of thioether (sulfide) groups is 1. The maximum atomic E-state index is 6.10. The summed E-state index contributed by atoms with van der Waals surface area (Å²) in [6.07, 6.45) is 2.56. The number of rotatable bonds is 5. The van der Waals surface area contributed by atoms with Gasteiger partial charge in [0.1, 0.15) is 0 Å². The maximum absolute atomic E-state index is 6.10. The van der Waals surface area contributed by atoms with Gasteiger partial charge in [-0.1, -0.05) is 46.9 Å². The Morgan fingerprint density at radius 1 is 1.43 bits per heavy atom. The monoisotopic (exact) mass is 292 g/mol. The molecular formula is C11H14BrClS. The Kier molecular flexibility index (Phi) is 5.99. The predicted octanol–water partition coefficient (Wildman–Crippen LogP) is 5.14. The van der Waals surface area contributed by atoms with Crippen molar-refractivity contribution in [1.82, 2.24) is 0 Å². The second kappa shape index (κ2) is 6.76. The highest BCUT2D eigenvalue weighted by atomic mass is 79.9. The minimum atomic E-state index is 0.864. The van der Waals surface area contributed by atoms with Crippen molar-refractivity contribution < 1.29 is 0 Å². The van der Waals surface area contributed by atoms with Crippen molar-refractivity contribution >= 4 is 39.3 Å². The molecule has 3 heteroatoms. The lowest BCUT2D eigenvalue weighted by Gasteiger charge is -2.04. The topological polar surface area (TPSA) is 0 Å². The van der Waals surface area contributed by atoms with Gasteiger partial charge in [0.15, 0.2) is 0 Å². The zero-order chi connectivity index (χ0) is 10.4. The Morgan fingerprint density at radius 3 is 2.86 bits per heavy atom. The number of benzene rings is 1. The van der Waals surface area contributed by atoms with Gasteiger partial charge in [-0.3, -0.25) is 0 Å². The van der Waals surface area contributed by atoms with Gasteiger partial charge in [-0.25, -0.2) is 0 Å². The fourth-order valence-corrected chi connectivity index (χ4v) is 3.00. The lowest BCUT2D eigenvalue weighted by atomic mass is 10.2. The van der Waals surface area contributed by atoms with Gasteiger partial charge in [-0.05, 0) is 29.9 Å². The van der Waals surface area contributed by atoms with E-state index in [0.29, 0.717) is 0 Å². The zero-order valence-corrected chi connectivity index (χ0v) is 11.4. The van der Waals surface area contributed by atoms with Crippen LogP contribution in [0, 0.1) is 0 Å². The van der Waals surface area contributed by atoms with Crippen LogP contribution < -0.4 is 0 Å². The lowest BCUT2D eigenvalue weighted by Crippen LogP contribution is -1.84. The fraction of sp³-hybridized carbons (Fsp3) is 0.455. The second-order valence-corrected chi connectivity index (χ2v) is 5.57. The van der Waals surface area contributed by atoms with E-state index in [2.05, 4.69) is 28.9 Å². The minimum Gasteiger partial charge on any atom is -0.157 e. The summed E-state index contributed by atoms with van der Waals surface area (Å²) in [4.78, 5) is 0. The fourth-order valence-electron chi connectivity index (χ4n) is 1.07. The van der Waals surface area contributed by atoms with Crippen LogP contribution in [0.25, 0.3) is 0 Å². The van der Waals surface area contributed by atoms with E-state index < -0.39 is 0 Å². The van der Waals surface area contributed by atoms with Crippen LogP contribution in [0.15, 0.2) is 22.7 Å². The van der Waals surface area contributed by atoms with E-state index in [1.807, 2.05) is 23.9 Å². The molecule has 0 fully saturated rings. The molecule has 0 bridgehead atoms. The van der Waals surface area contributed by atoms with Gasteiger partial charge in [0.2, 0.25) is 0 Å². The van der Waals surface area contributed by atoms with Crippen LogP contribution in [-0.2, 0) is 5.75 Å². The molecule has 1 aromatic rings. The molecule has 1 aromatic carbocycles. The smallest absolute Gasteiger partial charge is 0.0457 e. The minimum absolute atomic E-state index is 0.864. The molecule has 0 saturated carbocycles. The molecule has 0 N–H and O–H groups in total. The predicted molar refractivity (Wildman–Crippen MR) is 70.2 cm³/mol. The number of hydrogen-bond acceptors (Lipinski definition) is 1. The van der Waals surface area contributed by atoms with Crippen molar-refractivity contribution in [3.8, 4) is 0 Å². The molecule has 0 aromatic heterocycles. The summed E-state index contributed by atoms with van der Waals surface area (Å²) in [7, 11) is 0. The third kappa shape index (κ3) is 4.24. The van der Waals surface area contributed by atoms with Crippen LogP contribution >= 0.6 is 39.3 Å². The number of halogens is 2. The van der Waals surface area contributed by atoms with Crippen molar-refractivity contribution in [1.29, 1.82) is 0 Å². The van der Waals surface area contributed by atoms with Gasteiger partial charge in [0.05, 0.1) is 0 Å². The number of unbranched alkanes of at least 4 members (excludes halogenated alkanes) is 1. The Bertz CT molecular complexity index is 289. The van der Waals surface area contributed by atoms with Crippen molar-refractivity contribution in [2.24, 2.45) is 0 Å². The van der Waals surface area contributed by atoms with E-state index in [9.17, 15) is 0 Å². The molecule has 0 radical (unpaired) electrons.